The van der Waals surface area contributed by atoms with E-state index in [1.54, 1.807) is 25.2 Å². The van der Waals surface area contributed by atoms with Crippen LogP contribution in [0.4, 0.5) is 5.69 Å². The molecule has 0 unspecified atom stereocenters. The number of nitrogens with one attached hydrogen (secondary N) is 1. The van der Waals surface area contributed by atoms with Crippen molar-refractivity contribution in [1.82, 2.24) is 10.2 Å². The average molecular weight is 265 g/mol. The second-order valence-corrected chi connectivity index (χ2v) is 4.02. The molecule has 1 aromatic rings. The Hall–Kier alpha value is -2.24. The molecule has 0 aliphatic rings. The van der Waals surface area contributed by atoms with Gasteiger partial charge in [0, 0.05) is 19.7 Å². The summed E-state index contributed by atoms with van der Waals surface area (Å²) in [5.74, 6) is 0.0566. The number of hydrogen-bond acceptors (Lipinski definition) is 4. The van der Waals surface area contributed by atoms with Crippen LogP contribution in [0.15, 0.2) is 18.2 Å². The Labute approximate surface area is 112 Å². The van der Waals surface area contributed by atoms with Crippen LogP contribution in [0.1, 0.15) is 17.3 Å². The van der Waals surface area contributed by atoms with Gasteiger partial charge >= 0.3 is 0 Å². The van der Waals surface area contributed by atoms with E-state index in [1.807, 2.05) is 6.92 Å². The number of ether oxygens (including phenoxy) is 1. The van der Waals surface area contributed by atoms with Crippen molar-refractivity contribution in [1.29, 1.82) is 0 Å². The van der Waals surface area contributed by atoms with Gasteiger partial charge in [-0.1, -0.05) is 0 Å². The van der Waals surface area contributed by atoms with Crippen LogP contribution < -0.4 is 15.8 Å². The molecule has 0 saturated carbocycles. The first-order valence-electron chi connectivity index (χ1n) is 5.98. The highest BCUT2D eigenvalue weighted by Crippen LogP contribution is 2.23. The molecule has 0 aromatic heterocycles. The summed E-state index contributed by atoms with van der Waals surface area (Å²) in [4.78, 5) is 24.6. The van der Waals surface area contributed by atoms with E-state index in [2.05, 4.69) is 5.32 Å². The molecule has 0 atom stereocenters. The number of anilines is 1. The van der Waals surface area contributed by atoms with Gasteiger partial charge in [0.15, 0.2) is 0 Å². The Balaban J connectivity index is 2.82. The minimum atomic E-state index is -0.265. The number of carbonyl (C=O) groups is 2. The second kappa shape index (κ2) is 6.63. The molecule has 1 aromatic carbocycles. The summed E-state index contributed by atoms with van der Waals surface area (Å²) in [6, 6.07) is 4.83. The number of amides is 2. The van der Waals surface area contributed by atoms with Gasteiger partial charge in [-0.3, -0.25) is 9.59 Å². The van der Waals surface area contributed by atoms with Crippen molar-refractivity contribution < 1.29 is 14.3 Å². The number of likely N-dealkylation sites (N-methyl/N-ethyl adjacent to an activating group) is 2. The van der Waals surface area contributed by atoms with Crippen LogP contribution in [0, 0.1) is 0 Å². The third-order valence-electron chi connectivity index (χ3n) is 2.56. The predicted molar refractivity (Wildman–Crippen MR) is 73.1 cm³/mol. The van der Waals surface area contributed by atoms with Gasteiger partial charge in [-0.25, -0.2) is 0 Å². The number of nitrogen functional groups attached to an aromatic ring is 1. The zero-order chi connectivity index (χ0) is 14.4. The number of hydrogen-bond donors (Lipinski definition) is 2. The fraction of sp³-hybridized carbons (Fsp3) is 0.385. The molecule has 6 heteroatoms. The Bertz CT molecular complexity index is 474. The highest BCUT2D eigenvalue weighted by atomic mass is 16.5. The first kappa shape index (κ1) is 14.8. The molecule has 3 N–H and O–H groups in total. The molecule has 104 valence electrons. The molecule has 19 heavy (non-hydrogen) atoms. The normalized spacial score (nSPS) is 9.84. The number of carbonyl (C=O) groups excluding carboxylic acids is 2. The van der Waals surface area contributed by atoms with E-state index in [9.17, 15) is 9.59 Å². The minimum absolute atomic E-state index is 0.00243. The van der Waals surface area contributed by atoms with Crippen molar-refractivity contribution in [2.75, 3.05) is 33.0 Å². The molecule has 0 saturated heterocycles. The van der Waals surface area contributed by atoms with Gasteiger partial charge < -0.3 is 20.7 Å². The summed E-state index contributed by atoms with van der Waals surface area (Å²) in [7, 11) is 3.08. The minimum Gasteiger partial charge on any atom is -0.492 e. The monoisotopic (exact) mass is 265 g/mol. The standard InChI is InChI=1S/C13H19N3O3/c1-4-19-11-6-5-9(7-10(11)14)13(18)16(3)8-12(17)15-2/h5-7H,4,8,14H2,1-3H3,(H,15,17). The van der Waals surface area contributed by atoms with Crippen LogP contribution in [-0.2, 0) is 4.79 Å². The van der Waals surface area contributed by atoms with E-state index in [0.29, 0.717) is 23.6 Å². The highest BCUT2D eigenvalue weighted by molar-refractivity contribution is 5.97. The van der Waals surface area contributed by atoms with Crippen molar-refractivity contribution >= 4 is 17.5 Å². The van der Waals surface area contributed by atoms with Gasteiger partial charge in [0.05, 0.1) is 18.8 Å². The van der Waals surface area contributed by atoms with Crippen molar-refractivity contribution in [2.24, 2.45) is 0 Å². The number of rotatable bonds is 5. The van der Waals surface area contributed by atoms with Crippen molar-refractivity contribution in [3.05, 3.63) is 23.8 Å². The topological polar surface area (TPSA) is 84.7 Å². The number of nitrogens with zero attached hydrogens (tertiary/aromatic N) is 1. The van der Waals surface area contributed by atoms with Crippen LogP contribution in [0.2, 0.25) is 0 Å². The van der Waals surface area contributed by atoms with Crippen LogP contribution in [-0.4, -0.2) is 44.0 Å². The predicted octanol–water partition coefficient (Wildman–Crippen LogP) is 0.485. The lowest BCUT2D eigenvalue weighted by Crippen LogP contribution is -2.36. The maximum Gasteiger partial charge on any atom is 0.254 e. The Morgan fingerprint density at radius 2 is 2.11 bits per heavy atom. The van der Waals surface area contributed by atoms with Crippen molar-refractivity contribution in [3.63, 3.8) is 0 Å². The van der Waals surface area contributed by atoms with E-state index in [0.717, 1.165) is 0 Å². The maximum absolute atomic E-state index is 12.1. The van der Waals surface area contributed by atoms with Crippen LogP contribution >= 0.6 is 0 Å². The molecule has 1 rings (SSSR count). The lowest BCUT2D eigenvalue weighted by molar-refractivity contribution is -0.121. The Morgan fingerprint density at radius 1 is 1.42 bits per heavy atom. The van der Waals surface area contributed by atoms with E-state index < -0.39 is 0 Å². The van der Waals surface area contributed by atoms with Gasteiger partial charge in [-0.2, -0.15) is 0 Å². The summed E-state index contributed by atoms with van der Waals surface area (Å²) in [5.41, 5.74) is 6.63. The molecular formula is C13H19N3O3. The summed E-state index contributed by atoms with van der Waals surface area (Å²) >= 11 is 0. The summed E-state index contributed by atoms with van der Waals surface area (Å²) in [6.07, 6.45) is 0. The molecule has 0 bridgehead atoms. The Kier molecular flexibility index (Phi) is 5.17. The van der Waals surface area contributed by atoms with E-state index in [4.69, 9.17) is 10.5 Å². The second-order valence-electron chi connectivity index (χ2n) is 4.02. The lowest BCUT2D eigenvalue weighted by atomic mass is 10.1. The third-order valence-corrected chi connectivity index (χ3v) is 2.56. The first-order chi connectivity index (χ1) is 8.99. The summed E-state index contributed by atoms with van der Waals surface area (Å²) in [6.45, 7) is 2.37. The lowest BCUT2D eigenvalue weighted by Gasteiger charge is -2.17. The first-order valence-corrected chi connectivity index (χ1v) is 5.98. The van der Waals surface area contributed by atoms with Gasteiger partial charge in [0.1, 0.15) is 5.75 Å². The molecular weight excluding hydrogens is 246 g/mol. The molecule has 2 amide bonds. The van der Waals surface area contributed by atoms with Crippen molar-refractivity contribution in [3.8, 4) is 5.75 Å². The fourth-order valence-electron chi connectivity index (χ4n) is 1.56. The molecule has 0 heterocycles. The van der Waals surface area contributed by atoms with Gasteiger partial charge in [-0.05, 0) is 25.1 Å². The summed E-state index contributed by atoms with van der Waals surface area (Å²) < 4.78 is 5.30. The van der Waals surface area contributed by atoms with Crippen molar-refractivity contribution in [2.45, 2.75) is 6.92 Å². The molecule has 0 radical (unpaired) electrons. The van der Waals surface area contributed by atoms with Gasteiger partial charge in [0.25, 0.3) is 5.91 Å². The van der Waals surface area contributed by atoms with E-state index >= 15 is 0 Å². The molecule has 6 nitrogen and oxygen atoms in total. The average Bonchev–Trinajstić information content (AvgIpc) is 2.40. The highest BCUT2D eigenvalue weighted by Gasteiger charge is 2.15. The smallest absolute Gasteiger partial charge is 0.254 e. The van der Waals surface area contributed by atoms with Crippen LogP contribution in [0.5, 0.6) is 5.75 Å². The quantitative estimate of drug-likeness (QED) is 0.759. The third kappa shape index (κ3) is 3.87. The maximum atomic E-state index is 12.1. The van der Waals surface area contributed by atoms with Crippen LogP contribution in [0.3, 0.4) is 0 Å². The zero-order valence-corrected chi connectivity index (χ0v) is 11.4. The molecule has 0 spiro atoms. The van der Waals surface area contributed by atoms with E-state index in [1.165, 1.54) is 11.9 Å². The van der Waals surface area contributed by atoms with Gasteiger partial charge in [0.2, 0.25) is 5.91 Å². The number of nitrogens with two attached hydrogens (primary N) is 1. The molecule has 0 aliphatic heterocycles. The van der Waals surface area contributed by atoms with Gasteiger partial charge in [-0.15, -0.1) is 0 Å². The fourth-order valence-corrected chi connectivity index (χ4v) is 1.56. The largest absolute Gasteiger partial charge is 0.492 e. The Morgan fingerprint density at radius 3 is 2.63 bits per heavy atom. The summed E-state index contributed by atoms with van der Waals surface area (Å²) in [5, 5.41) is 2.46. The number of benzene rings is 1. The van der Waals surface area contributed by atoms with E-state index in [-0.39, 0.29) is 18.4 Å². The van der Waals surface area contributed by atoms with Crippen LogP contribution in [0.25, 0.3) is 0 Å². The zero-order valence-electron chi connectivity index (χ0n) is 11.4. The SMILES string of the molecule is CCOc1ccc(C(=O)N(C)CC(=O)NC)cc1N. The molecule has 0 fully saturated rings. The molecule has 0 aliphatic carbocycles.